The average Bonchev–Trinajstić information content (AvgIpc) is 2.82. The number of anilines is 1. The minimum atomic E-state index is -0.382. The highest BCUT2D eigenvalue weighted by molar-refractivity contribution is 6.31. The first-order valence-corrected chi connectivity index (χ1v) is 7.29. The largest absolute Gasteiger partial charge is 0.494 e. The van der Waals surface area contributed by atoms with E-state index in [1.54, 1.807) is 12.1 Å². The predicted molar refractivity (Wildman–Crippen MR) is 82.6 cm³/mol. The number of halogens is 2. The number of methoxy groups -OCH3 is 1. The molecule has 21 heavy (non-hydrogen) atoms. The second-order valence-corrected chi connectivity index (χ2v) is 4.96. The van der Waals surface area contributed by atoms with E-state index in [4.69, 9.17) is 16.3 Å². The molecule has 0 fully saturated rings. The van der Waals surface area contributed by atoms with Gasteiger partial charge in [-0.05, 0) is 25.5 Å². The number of nitrogens with zero attached hydrogens (tertiary/aromatic N) is 2. The van der Waals surface area contributed by atoms with Gasteiger partial charge in [0.1, 0.15) is 0 Å². The molecule has 1 aromatic carbocycles. The molecule has 0 aliphatic heterocycles. The van der Waals surface area contributed by atoms with Gasteiger partial charge >= 0.3 is 0 Å². The molecular weight excluding hydrogens is 293 g/mol. The van der Waals surface area contributed by atoms with E-state index in [0.29, 0.717) is 11.6 Å². The van der Waals surface area contributed by atoms with Crippen LogP contribution in [-0.4, -0.2) is 16.9 Å². The first kappa shape index (κ1) is 15.6. The molecule has 1 N–H and O–H groups in total. The van der Waals surface area contributed by atoms with Crippen LogP contribution in [-0.2, 0) is 19.5 Å². The van der Waals surface area contributed by atoms with Crippen molar-refractivity contribution in [3.63, 3.8) is 0 Å². The Hall–Kier alpha value is -1.75. The number of aromatic nitrogens is 2. The van der Waals surface area contributed by atoms with Gasteiger partial charge in [0.05, 0.1) is 30.1 Å². The fraction of sp³-hybridized carbons (Fsp3) is 0.400. The molecule has 0 aliphatic carbocycles. The third kappa shape index (κ3) is 3.29. The fourth-order valence-corrected chi connectivity index (χ4v) is 2.48. The topological polar surface area (TPSA) is 39.1 Å². The molecule has 0 saturated carbocycles. The molecule has 0 atom stereocenters. The highest BCUT2D eigenvalue weighted by Gasteiger charge is 2.14. The Labute approximate surface area is 128 Å². The van der Waals surface area contributed by atoms with Gasteiger partial charge in [-0.2, -0.15) is 5.10 Å². The Morgan fingerprint density at radius 1 is 1.38 bits per heavy atom. The number of ether oxygens (including phenoxy) is 1. The highest BCUT2D eigenvalue weighted by Crippen LogP contribution is 2.25. The van der Waals surface area contributed by atoms with Gasteiger partial charge in [0, 0.05) is 18.3 Å². The van der Waals surface area contributed by atoms with E-state index in [2.05, 4.69) is 10.4 Å². The predicted octanol–water partition coefficient (Wildman–Crippen LogP) is 3.88. The Morgan fingerprint density at radius 3 is 2.76 bits per heavy atom. The minimum Gasteiger partial charge on any atom is -0.494 e. The molecule has 0 radical (unpaired) electrons. The SMILES string of the molecule is CCc1nn(CC)c(CNc2ccc(F)c(OC)c2)c1Cl. The summed E-state index contributed by atoms with van der Waals surface area (Å²) >= 11 is 6.35. The summed E-state index contributed by atoms with van der Waals surface area (Å²) in [5.74, 6) is -0.169. The van der Waals surface area contributed by atoms with Crippen LogP contribution in [0.1, 0.15) is 25.2 Å². The third-order valence-corrected chi connectivity index (χ3v) is 3.74. The molecule has 0 saturated heterocycles. The summed E-state index contributed by atoms with van der Waals surface area (Å²) in [6, 6.07) is 4.66. The van der Waals surface area contributed by atoms with Crippen LogP contribution in [0.3, 0.4) is 0 Å². The molecule has 1 aromatic heterocycles. The molecule has 0 spiro atoms. The first-order chi connectivity index (χ1) is 10.1. The number of aryl methyl sites for hydroxylation is 2. The Kier molecular flexibility index (Phi) is 5.07. The summed E-state index contributed by atoms with van der Waals surface area (Å²) in [7, 11) is 1.44. The number of nitrogens with one attached hydrogen (secondary N) is 1. The molecule has 2 aromatic rings. The Bertz CT molecular complexity index is 628. The number of rotatable bonds is 6. The molecule has 0 unspecified atom stereocenters. The van der Waals surface area contributed by atoms with Crippen LogP contribution in [0, 0.1) is 5.82 Å². The molecule has 4 nitrogen and oxygen atoms in total. The molecule has 0 amide bonds. The van der Waals surface area contributed by atoms with E-state index in [-0.39, 0.29) is 11.6 Å². The standard InChI is InChI=1S/C15H19ClFN3O/c1-4-12-15(16)13(20(5-2)19-12)9-18-10-6-7-11(17)14(8-10)21-3/h6-8,18H,4-5,9H2,1-3H3. The summed E-state index contributed by atoms with van der Waals surface area (Å²) in [5, 5.41) is 8.39. The highest BCUT2D eigenvalue weighted by atomic mass is 35.5. The maximum atomic E-state index is 13.4. The van der Waals surface area contributed by atoms with Crippen molar-refractivity contribution in [3.05, 3.63) is 40.4 Å². The van der Waals surface area contributed by atoms with E-state index in [1.165, 1.54) is 13.2 Å². The van der Waals surface area contributed by atoms with E-state index in [1.807, 2.05) is 18.5 Å². The smallest absolute Gasteiger partial charge is 0.165 e. The number of hydrogen-bond donors (Lipinski definition) is 1. The summed E-state index contributed by atoms with van der Waals surface area (Å²) < 4.78 is 20.2. The normalized spacial score (nSPS) is 10.7. The van der Waals surface area contributed by atoms with Gasteiger partial charge in [-0.15, -0.1) is 0 Å². The van der Waals surface area contributed by atoms with Gasteiger partial charge in [-0.3, -0.25) is 4.68 Å². The van der Waals surface area contributed by atoms with Crippen molar-refractivity contribution in [1.29, 1.82) is 0 Å². The first-order valence-electron chi connectivity index (χ1n) is 6.92. The molecule has 6 heteroatoms. The molecule has 1 heterocycles. The Balaban J connectivity index is 2.18. The lowest BCUT2D eigenvalue weighted by Gasteiger charge is -2.10. The van der Waals surface area contributed by atoms with E-state index in [9.17, 15) is 4.39 Å². The molecule has 0 aliphatic rings. The van der Waals surface area contributed by atoms with Gasteiger partial charge < -0.3 is 10.1 Å². The quantitative estimate of drug-likeness (QED) is 0.880. The summed E-state index contributed by atoms with van der Waals surface area (Å²) in [5.41, 5.74) is 2.59. The third-order valence-electron chi connectivity index (χ3n) is 3.31. The number of hydrogen-bond acceptors (Lipinski definition) is 3. The molecule has 0 bridgehead atoms. The van der Waals surface area contributed by atoms with Gasteiger partial charge in [0.15, 0.2) is 11.6 Å². The average molecular weight is 312 g/mol. The van der Waals surface area contributed by atoms with Crippen molar-refractivity contribution in [1.82, 2.24) is 9.78 Å². The zero-order valence-corrected chi connectivity index (χ0v) is 13.2. The lowest BCUT2D eigenvalue weighted by atomic mass is 10.2. The Morgan fingerprint density at radius 2 is 2.14 bits per heavy atom. The van der Waals surface area contributed by atoms with Crippen molar-refractivity contribution in [2.45, 2.75) is 33.4 Å². The second kappa shape index (κ2) is 6.80. The van der Waals surface area contributed by atoms with Crippen LogP contribution in [0.25, 0.3) is 0 Å². The molecule has 2 rings (SSSR count). The number of benzene rings is 1. The lowest BCUT2D eigenvalue weighted by Crippen LogP contribution is -2.08. The maximum Gasteiger partial charge on any atom is 0.165 e. The van der Waals surface area contributed by atoms with Crippen LogP contribution < -0.4 is 10.1 Å². The summed E-state index contributed by atoms with van der Waals surface area (Å²) in [4.78, 5) is 0. The van der Waals surface area contributed by atoms with Crippen molar-refractivity contribution >= 4 is 17.3 Å². The van der Waals surface area contributed by atoms with Crippen LogP contribution in [0.15, 0.2) is 18.2 Å². The molecule has 114 valence electrons. The van der Waals surface area contributed by atoms with Gasteiger partial charge in [-0.25, -0.2) is 4.39 Å². The zero-order chi connectivity index (χ0) is 15.4. The van der Waals surface area contributed by atoms with Crippen LogP contribution in [0.4, 0.5) is 10.1 Å². The van der Waals surface area contributed by atoms with Crippen molar-refractivity contribution < 1.29 is 9.13 Å². The van der Waals surface area contributed by atoms with Gasteiger partial charge in [0.25, 0.3) is 0 Å². The van der Waals surface area contributed by atoms with Crippen LogP contribution in [0.5, 0.6) is 5.75 Å². The van der Waals surface area contributed by atoms with E-state index >= 15 is 0 Å². The van der Waals surface area contributed by atoms with Crippen molar-refractivity contribution in [2.24, 2.45) is 0 Å². The van der Waals surface area contributed by atoms with E-state index < -0.39 is 0 Å². The van der Waals surface area contributed by atoms with Crippen LogP contribution >= 0.6 is 11.6 Å². The second-order valence-electron chi connectivity index (χ2n) is 4.58. The van der Waals surface area contributed by atoms with Gasteiger partial charge in [0.2, 0.25) is 0 Å². The summed E-state index contributed by atoms with van der Waals surface area (Å²) in [6.07, 6.45) is 0.795. The van der Waals surface area contributed by atoms with E-state index in [0.717, 1.165) is 30.0 Å². The van der Waals surface area contributed by atoms with Crippen molar-refractivity contribution in [3.8, 4) is 5.75 Å². The minimum absolute atomic E-state index is 0.212. The maximum absolute atomic E-state index is 13.4. The van der Waals surface area contributed by atoms with Gasteiger partial charge in [-0.1, -0.05) is 18.5 Å². The monoisotopic (exact) mass is 311 g/mol. The van der Waals surface area contributed by atoms with Crippen molar-refractivity contribution in [2.75, 3.05) is 12.4 Å². The lowest BCUT2D eigenvalue weighted by molar-refractivity contribution is 0.387. The zero-order valence-electron chi connectivity index (χ0n) is 12.4. The molecular formula is C15H19ClFN3O. The van der Waals surface area contributed by atoms with Crippen LogP contribution in [0.2, 0.25) is 5.02 Å². The fourth-order valence-electron chi connectivity index (χ4n) is 2.14. The summed E-state index contributed by atoms with van der Waals surface area (Å²) in [6.45, 7) is 5.32.